The number of ether oxygens (including phenoxy) is 1. The van der Waals surface area contributed by atoms with E-state index in [-0.39, 0.29) is 0 Å². The number of rotatable bonds is 4. The number of nitrogens with one attached hydrogen (secondary N) is 2. The third kappa shape index (κ3) is 3.24. The Balaban J connectivity index is 2.28. The zero-order chi connectivity index (χ0) is 13.8. The van der Waals surface area contributed by atoms with Gasteiger partial charge in [-0.3, -0.25) is 5.43 Å². The fourth-order valence-corrected chi connectivity index (χ4v) is 1.78. The van der Waals surface area contributed by atoms with E-state index in [0.29, 0.717) is 22.5 Å². The van der Waals surface area contributed by atoms with Gasteiger partial charge in [0.25, 0.3) is 0 Å². The fraction of sp³-hybridized carbons (Fsp3) is 0.167. The molecule has 0 amide bonds. The van der Waals surface area contributed by atoms with E-state index in [1.807, 2.05) is 19.1 Å². The van der Waals surface area contributed by atoms with Crippen molar-refractivity contribution in [3.63, 3.8) is 0 Å². The van der Waals surface area contributed by atoms with Gasteiger partial charge in [0, 0.05) is 23.5 Å². The second-order valence-electron chi connectivity index (χ2n) is 3.84. The average Bonchev–Trinajstić information content (AvgIpc) is 2.40. The largest absolute Gasteiger partial charge is 0.495 e. The van der Waals surface area contributed by atoms with E-state index >= 15 is 0 Å². The summed E-state index contributed by atoms with van der Waals surface area (Å²) in [7, 11) is 1.57. The fourth-order valence-electron chi connectivity index (χ4n) is 1.58. The molecule has 1 aromatic carbocycles. The Hall–Kier alpha value is -2.05. The second-order valence-corrected chi connectivity index (χ2v) is 4.24. The van der Waals surface area contributed by atoms with Gasteiger partial charge in [0.2, 0.25) is 5.95 Å². The summed E-state index contributed by atoms with van der Waals surface area (Å²) < 4.78 is 5.15. The number of hydrazine groups is 1. The molecule has 4 N–H and O–H groups in total. The summed E-state index contributed by atoms with van der Waals surface area (Å²) in [6.07, 6.45) is 0. The maximum absolute atomic E-state index is 5.97. The van der Waals surface area contributed by atoms with E-state index < -0.39 is 0 Å². The van der Waals surface area contributed by atoms with Crippen molar-refractivity contribution < 1.29 is 4.74 Å². The Morgan fingerprint density at radius 3 is 2.74 bits per heavy atom. The van der Waals surface area contributed by atoms with Crippen molar-refractivity contribution in [2.24, 2.45) is 5.84 Å². The van der Waals surface area contributed by atoms with Gasteiger partial charge in [-0.15, -0.1) is 0 Å². The third-order valence-electron chi connectivity index (χ3n) is 2.41. The van der Waals surface area contributed by atoms with Crippen LogP contribution in [0.4, 0.5) is 17.5 Å². The molecule has 0 unspecified atom stereocenters. The quantitative estimate of drug-likeness (QED) is 0.589. The predicted molar refractivity (Wildman–Crippen MR) is 75.9 cm³/mol. The van der Waals surface area contributed by atoms with Gasteiger partial charge >= 0.3 is 0 Å². The Bertz CT molecular complexity index is 590. The first kappa shape index (κ1) is 13.4. The lowest BCUT2D eigenvalue weighted by atomic mass is 10.3. The number of hydrogen-bond donors (Lipinski definition) is 3. The predicted octanol–water partition coefficient (Wildman–Crippen LogP) is 2.48. The monoisotopic (exact) mass is 279 g/mol. The van der Waals surface area contributed by atoms with Crippen molar-refractivity contribution in [1.29, 1.82) is 0 Å². The molecule has 7 heteroatoms. The normalized spacial score (nSPS) is 10.1. The van der Waals surface area contributed by atoms with Crippen LogP contribution in [-0.4, -0.2) is 17.1 Å². The summed E-state index contributed by atoms with van der Waals surface area (Å²) >= 11 is 5.97. The van der Waals surface area contributed by atoms with Crippen LogP contribution in [0.5, 0.6) is 5.75 Å². The summed E-state index contributed by atoms with van der Waals surface area (Å²) in [5.74, 6) is 6.88. The first-order chi connectivity index (χ1) is 9.12. The topological polar surface area (TPSA) is 85.1 Å². The van der Waals surface area contributed by atoms with E-state index in [1.54, 1.807) is 19.2 Å². The van der Waals surface area contributed by atoms with Gasteiger partial charge in [-0.05, 0) is 19.1 Å². The number of hydrogen-bond acceptors (Lipinski definition) is 6. The molecule has 6 nitrogen and oxygen atoms in total. The van der Waals surface area contributed by atoms with E-state index in [0.717, 1.165) is 11.4 Å². The number of halogens is 1. The minimum Gasteiger partial charge on any atom is -0.495 e. The van der Waals surface area contributed by atoms with Gasteiger partial charge in [0.05, 0.1) is 12.1 Å². The first-order valence-electron chi connectivity index (χ1n) is 5.55. The van der Waals surface area contributed by atoms with Crippen molar-refractivity contribution in [3.8, 4) is 5.75 Å². The van der Waals surface area contributed by atoms with Crippen molar-refractivity contribution in [1.82, 2.24) is 9.97 Å². The molecule has 2 aromatic rings. The lowest BCUT2D eigenvalue weighted by Gasteiger charge is -2.10. The van der Waals surface area contributed by atoms with Gasteiger partial charge in [0.1, 0.15) is 11.6 Å². The molecule has 1 heterocycles. The molecule has 0 atom stereocenters. The number of nitrogen functional groups attached to an aromatic ring is 1. The zero-order valence-corrected chi connectivity index (χ0v) is 11.3. The van der Waals surface area contributed by atoms with E-state index in [4.69, 9.17) is 22.2 Å². The molecule has 0 saturated heterocycles. The molecule has 2 rings (SSSR count). The molecule has 0 saturated carbocycles. The molecule has 0 bridgehead atoms. The van der Waals surface area contributed by atoms with Crippen molar-refractivity contribution in [3.05, 3.63) is 35.0 Å². The minimum absolute atomic E-state index is 0.350. The molecule has 1 aromatic heterocycles. The summed E-state index contributed by atoms with van der Waals surface area (Å²) in [5.41, 5.74) is 4.02. The van der Waals surface area contributed by atoms with Crippen LogP contribution < -0.4 is 21.3 Å². The summed E-state index contributed by atoms with van der Waals surface area (Å²) in [5, 5.41) is 3.69. The molecule has 0 aliphatic rings. The Kier molecular flexibility index (Phi) is 4.03. The molecule has 0 fully saturated rings. The van der Waals surface area contributed by atoms with Gasteiger partial charge in [-0.1, -0.05) is 11.6 Å². The number of methoxy groups -OCH3 is 1. The van der Waals surface area contributed by atoms with Crippen LogP contribution in [0.1, 0.15) is 5.69 Å². The summed E-state index contributed by atoms with van der Waals surface area (Å²) in [6.45, 7) is 1.86. The molecule has 0 radical (unpaired) electrons. The molecule has 19 heavy (non-hydrogen) atoms. The van der Waals surface area contributed by atoms with E-state index in [9.17, 15) is 0 Å². The van der Waals surface area contributed by atoms with Crippen molar-refractivity contribution in [2.45, 2.75) is 6.92 Å². The SMILES string of the molecule is COc1cc(Nc2cc(C)nc(NN)n2)ccc1Cl. The number of anilines is 3. The second kappa shape index (κ2) is 5.73. The number of benzene rings is 1. The van der Waals surface area contributed by atoms with E-state index in [2.05, 4.69) is 20.7 Å². The van der Waals surface area contributed by atoms with Crippen LogP contribution in [-0.2, 0) is 0 Å². The van der Waals surface area contributed by atoms with Crippen LogP contribution in [0, 0.1) is 6.92 Å². The van der Waals surface area contributed by atoms with Gasteiger partial charge < -0.3 is 10.1 Å². The number of aromatic nitrogens is 2. The smallest absolute Gasteiger partial charge is 0.239 e. The standard InChI is InChI=1S/C12H14ClN5O/c1-7-5-11(17-12(15-7)18-14)16-8-3-4-9(13)10(6-8)19-2/h3-6H,14H2,1-2H3,(H2,15,16,17,18). The van der Waals surface area contributed by atoms with Gasteiger partial charge in [-0.25, -0.2) is 10.8 Å². The molecule has 0 spiro atoms. The summed E-state index contributed by atoms with van der Waals surface area (Å²) in [4.78, 5) is 8.30. The van der Waals surface area contributed by atoms with E-state index in [1.165, 1.54) is 0 Å². The van der Waals surface area contributed by atoms with Gasteiger partial charge in [0.15, 0.2) is 0 Å². The Labute approximate surface area is 115 Å². The number of aryl methyl sites for hydroxylation is 1. The number of nitrogens with two attached hydrogens (primary N) is 1. The third-order valence-corrected chi connectivity index (χ3v) is 2.72. The molecular formula is C12H14ClN5O. The van der Waals surface area contributed by atoms with Gasteiger partial charge in [-0.2, -0.15) is 4.98 Å². The Morgan fingerprint density at radius 2 is 2.05 bits per heavy atom. The zero-order valence-electron chi connectivity index (χ0n) is 10.6. The van der Waals surface area contributed by atoms with Crippen LogP contribution in [0.2, 0.25) is 5.02 Å². The highest BCUT2D eigenvalue weighted by atomic mass is 35.5. The van der Waals surface area contributed by atoms with Crippen LogP contribution in [0.15, 0.2) is 24.3 Å². The summed E-state index contributed by atoms with van der Waals surface area (Å²) in [6, 6.07) is 7.17. The lowest BCUT2D eigenvalue weighted by molar-refractivity contribution is 0.415. The molecular weight excluding hydrogens is 266 g/mol. The highest BCUT2D eigenvalue weighted by molar-refractivity contribution is 6.32. The van der Waals surface area contributed by atoms with Crippen molar-refractivity contribution in [2.75, 3.05) is 17.9 Å². The molecule has 100 valence electrons. The maximum Gasteiger partial charge on any atom is 0.239 e. The molecule has 0 aliphatic carbocycles. The molecule has 0 aliphatic heterocycles. The van der Waals surface area contributed by atoms with Crippen LogP contribution in [0.3, 0.4) is 0 Å². The highest BCUT2D eigenvalue weighted by Crippen LogP contribution is 2.28. The lowest BCUT2D eigenvalue weighted by Crippen LogP contribution is -2.11. The minimum atomic E-state index is 0.350. The average molecular weight is 280 g/mol. The number of nitrogens with zero attached hydrogens (tertiary/aromatic N) is 2. The van der Waals surface area contributed by atoms with Crippen LogP contribution >= 0.6 is 11.6 Å². The first-order valence-corrected chi connectivity index (χ1v) is 5.93. The van der Waals surface area contributed by atoms with Crippen LogP contribution in [0.25, 0.3) is 0 Å². The van der Waals surface area contributed by atoms with Crippen molar-refractivity contribution >= 4 is 29.1 Å². The Morgan fingerprint density at radius 1 is 1.26 bits per heavy atom. The highest BCUT2D eigenvalue weighted by Gasteiger charge is 2.05. The maximum atomic E-state index is 5.97.